The molecule has 2 rings (SSSR count). The first-order valence-electron chi connectivity index (χ1n) is 6.87. The Kier molecular flexibility index (Phi) is 5.72. The van der Waals surface area contributed by atoms with Crippen molar-refractivity contribution in [3.63, 3.8) is 0 Å². The summed E-state index contributed by atoms with van der Waals surface area (Å²) in [7, 11) is 1.90. The molecule has 2 aromatic rings. The number of hydrogen-bond acceptors (Lipinski definition) is 3. The van der Waals surface area contributed by atoms with Gasteiger partial charge in [0.05, 0.1) is 6.04 Å². The van der Waals surface area contributed by atoms with Crippen LogP contribution in [0.5, 0.6) is 0 Å². The lowest BCUT2D eigenvalue weighted by Gasteiger charge is -2.23. The van der Waals surface area contributed by atoms with Crippen molar-refractivity contribution in [3.8, 4) is 0 Å². The van der Waals surface area contributed by atoms with Crippen LogP contribution in [0.2, 0.25) is 0 Å². The van der Waals surface area contributed by atoms with Crippen LogP contribution in [0.4, 0.5) is 10.1 Å². The normalized spacial score (nSPS) is 12.5. The van der Waals surface area contributed by atoms with Crippen molar-refractivity contribution in [1.29, 1.82) is 0 Å². The molecule has 6 heteroatoms. The average Bonchev–Trinajstić information content (AvgIpc) is 2.87. The second kappa shape index (κ2) is 7.35. The number of benzene rings is 1. The second-order valence-corrected chi connectivity index (χ2v) is 7.18. The van der Waals surface area contributed by atoms with Crippen molar-refractivity contribution in [2.45, 2.75) is 26.4 Å². The number of rotatable bonds is 5. The molecule has 0 aliphatic heterocycles. The van der Waals surface area contributed by atoms with Gasteiger partial charge >= 0.3 is 0 Å². The first-order valence-corrected chi connectivity index (χ1v) is 8.54. The van der Waals surface area contributed by atoms with E-state index in [4.69, 9.17) is 0 Å². The van der Waals surface area contributed by atoms with Gasteiger partial charge in [-0.15, -0.1) is 11.3 Å². The van der Waals surface area contributed by atoms with Crippen molar-refractivity contribution in [2.75, 3.05) is 12.4 Å². The van der Waals surface area contributed by atoms with E-state index in [1.165, 1.54) is 17.0 Å². The van der Waals surface area contributed by atoms with Gasteiger partial charge in [0.2, 0.25) is 5.91 Å². The molecule has 0 aliphatic carbocycles. The van der Waals surface area contributed by atoms with Gasteiger partial charge in [0.25, 0.3) is 0 Å². The molecule has 1 unspecified atom stereocenters. The number of amides is 1. The minimum atomic E-state index is -0.356. The van der Waals surface area contributed by atoms with Crippen LogP contribution < -0.4 is 5.32 Å². The van der Waals surface area contributed by atoms with Crippen molar-refractivity contribution < 1.29 is 9.18 Å². The van der Waals surface area contributed by atoms with Crippen LogP contribution in [-0.2, 0) is 11.3 Å². The highest BCUT2D eigenvalue weighted by Crippen LogP contribution is 2.22. The maximum Gasteiger partial charge on any atom is 0.241 e. The SMILES string of the molecule is Cc1ccc(F)cc1NC(=O)C(C)N(C)Cc1cc(Br)cs1. The van der Waals surface area contributed by atoms with Crippen LogP contribution in [0.1, 0.15) is 17.4 Å². The Bertz CT molecular complexity index is 674. The number of carbonyl (C=O) groups is 1. The molecule has 0 saturated carbocycles. The third-order valence-corrected chi connectivity index (χ3v) is 5.21. The van der Waals surface area contributed by atoms with Crippen LogP contribution in [0.25, 0.3) is 0 Å². The molecular weight excluding hydrogens is 367 g/mol. The van der Waals surface area contributed by atoms with Gasteiger partial charge in [-0.25, -0.2) is 4.39 Å². The number of nitrogens with one attached hydrogen (secondary N) is 1. The monoisotopic (exact) mass is 384 g/mol. The summed E-state index contributed by atoms with van der Waals surface area (Å²) in [6.45, 7) is 4.37. The van der Waals surface area contributed by atoms with Gasteiger partial charge < -0.3 is 5.32 Å². The third kappa shape index (κ3) is 4.38. The van der Waals surface area contributed by atoms with E-state index in [-0.39, 0.29) is 17.8 Å². The van der Waals surface area contributed by atoms with E-state index in [0.717, 1.165) is 10.0 Å². The summed E-state index contributed by atoms with van der Waals surface area (Å²) in [6, 6.07) is 6.11. The fraction of sp³-hybridized carbons (Fsp3) is 0.312. The Morgan fingerprint density at radius 3 is 2.82 bits per heavy atom. The molecule has 0 radical (unpaired) electrons. The maximum atomic E-state index is 13.3. The van der Waals surface area contributed by atoms with Crippen molar-refractivity contribution >= 4 is 38.9 Å². The number of anilines is 1. The van der Waals surface area contributed by atoms with E-state index in [1.54, 1.807) is 17.4 Å². The topological polar surface area (TPSA) is 32.3 Å². The minimum absolute atomic E-state index is 0.146. The van der Waals surface area contributed by atoms with Gasteiger partial charge in [0.15, 0.2) is 0 Å². The Morgan fingerprint density at radius 2 is 2.18 bits per heavy atom. The lowest BCUT2D eigenvalue weighted by Crippen LogP contribution is -2.39. The molecule has 0 aliphatic rings. The molecule has 1 heterocycles. The van der Waals surface area contributed by atoms with E-state index < -0.39 is 0 Å². The fourth-order valence-corrected chi connectivity index (χ4v) is 3.50. The molecule has 0 spiro atoms. The molecule has 1 amide bonds. The number of hydrogen-bond donors (Lipinski definition) is 1. The van der Waals surface area contributed by atoms with E-state index in [1.807, 2.05) is 37.2 Å². The molecule has 1 aromatic carbocycles. The predicted molar refractivity (Wildman–Crippen MR) is 92.7 cm³/mol. The molecule has 1 aromatic heterocycles. The molecular formula is C16H18BrFN2OS. The van der Waals surface area contributed by atoms with Crippen LogP contribution >= 0.6 is 27.3 Å². The Morgan fingerprint density at radius 1 is 1.45 bits per heavy atom. The molecule has 3 nitrogen and oxygen atoms in total. The maximum absolute atomic E-state index is 13.3. The molecule has 1 atom stereocenters. The zero-order valence-corrected chi connectivity index (χ0v) is 15.1. The molecule has 1 N–H and O–H groups in total. The second-order valence-electron chi connectivity index (χ2n) is 5.27. The summed E-state index contributed by atoms with van der Waals surface area (Å²) in [6.07, 6.45) is 0. The number of thiophene rings is 1. The van der Waals surface area contributed by atoms with E-state index in [2.05, 4.69) is 21.2 Å². The van der Waals surface area contributed by atoms with Crippen LogP contribution in [0.3, 0.4) is 0 Å². The predicted octanol–water partition coefficient (Wildman–Crippen LogP) is 4.42. The Hall–Kier alpha value is -1.24. The molecule has 118 valence electrons. The smallest absolute Gasteiger partial charge is 0.241 e. The summed E-state index contributed by atoms with van der Waals surface area (Å²) in [5.41, 5.74) is 1.36. The fourth-order valence-electron chi connectivity index (χ4n) is 1.99. The standard InChI is InChI=1S/C16H18BrFN2OS/c1-10-4-5-13(18)7-15(10)19-16(21)11(2)20(3)8-14-6-12(17)9-22-14/h4-7,9,11H,8H2,1-3H3,(H,19,21). The highest BCUT2D eigenvalue weighted by molar-refractivity contribution is 9.10. The first-order chi connectivity index (χ1) is 10.4. The summed E-state index contributed by atoms with van der Waals surface area (Å²) in [5, 5.41) is 4.81. The summed E-state index contributed by atoms with van der Waals surface area (Å²) >= 11 is 5.07. The van der Waals surface area contributed by atoms with Gasteiger partial charge in [0.1, 0.15) is 5.82 Å². The minimum Gasteiger partial charge on any atom is -0.324 e. The van der Waals surface area contributed by atoms with Crippen LogP contribution in [-0.4, -0.2) is 23.9 Å². The van der Waals surface area contributed by atoms with Crippen molar-refractivity contribution in [1.82, 2.24) is 4.90 Å². The highest BCUT2D eigenvalue weighted by Gasteiger charge is 2.19. The number of halogens is 2. The molecule has 22 heavy (non-hydrogen) atoms. The summed E-state index contributed by atoms with van der Waals surface area (Å²) in [4.78, 5) is 15.5. The molecule has 0 fully saturated rings. The molecule has 0 bridgehead atoms. The third-order valence-electron chi connectivity index (χ3n) is 3.53. The van der Waals surface area contributed by atoms with Crippen molar-refractivity contribution in [2.24, 2.45) is 0 Å². The van der Waals surface area contributed by atoms with Crippen LogP contribution in [0.15, 0.2) is 34.1 Å². The number of aryl methyl sites for hydroxylation is 1. The highest BCUT2D eigenvalue weighted by atomic mass is 79.9. The van der Waals surface area contributed by atoms with E-state index in [0.29, 0.717) is 12.2 Å². The number of likely N-dealkylation sites (N-methyl/N-ethyl adjacent to an activating group) is 1. The van der Waals surface area contributed by atoms with Gasteiger partial charge in [0, 0.05) is 27.0 Å². The average molecular weight is 385 g/mol. The number of nitrogens with zero attached hydrogens (tertiary/aromatic N) is 1. The van der Waals surface area contributed by atoms with E-state index in [9.17, 15) is 9.18 Å². The number of carbonyl (C=O) groups excluding carboxylic acids is 1. The zero-order chi connectivity index (χ0) is 16.3. The largest absolute Gasteiger partial charge is 0.324 e. The van der Waals surface area contributed by atoms with Gasteiger partial charge in [-0.1, -0.05) is 6.07 Å². The van der Waals surface area contributed by atoms with Crippen molar-refractivity contribution in [3.05, 3.63) is 50.4 Å². The van der Waals surface area contributed by atoms with Gasteiger partial charge in [-0.05, 0) is 60.6 Å². The van der Waals surface area contributed by atoms with Gasteiger partial charge in [-0.3, -0.25) is 9.69 Å². The lowest BCUT2D eigenvalue weighted by molar-refractivity contribution is -0.120. The zero-order valence-electron chi connectivity index (χ0n) is 12.7. The van der Waals surface area contributed by atoms with Gasteiger partial charge in [-0.2, -0.15) is 0 Å². The molecule has 0 saturated heterocycles. The summed E-state index contributed by atoms with van der Waals surface area (Å²) < 4.78 is 14.3. The lowest BCUT2D eigenvalue weighted by atomic mass is 10.2. The van der Waals surface area contributed by atoms with E-state index >= 15 is 0 Å². The Labute approximate surface area is 142 Å². The Balaban J connectivity index is 2.00. The van der Waals surface area contributed by atoms with Crippen LogP contribution in [0, 0.1) is 12.7 Å². The quantitative estimate of drug-likeness (QED) is 0.827. The summed E-state index contributed by atoms with van der Waals surface area (Å²) in [5.74, 6) is -0.503. The first kappa shape index (κ1) is 17.1.